The van der Waals surface area contributed by atoms with Crippen molar-refractivity contribution in [2.24, 2.45) is 35.5 Å². The summed E-state index contributed by atoms with van der Waals surface area (Å²) >= 11 is 9.42. The Balaban J connectivity index is 1.33. The monoisotopic (exact) mass is 434 g/mol. The number of nitrogens with one attached hydrogen (secondary N) is 1. The summed E-state index contributed by atoms with van der Waals surface area (Å²) in [5.74, 6) is 0.0942. The average molecular weight is 436 g/mol. The molecule has 1 saturated heterocycles. The molecular formula is C19H16BrClN2O3. The van der Waals surface area contributed by atoms with E-state index in [1.54, 1.807) is 18.2 Å². The molecule has 1 heterocycles. The van der Waals surface area contributed by atoms with E-state index in [1.807, 2.05) is 0 Å². The van der Waals surface area contributed by atoms with Crippen LogP contribution >= 0.6 is 27.5 Å². The van der Waals surface area contributed by atoms with E-state index in [1.165, 1.54) is 0 Å². The molecule has 2 bridgehead atoms. The molecule has 4 aliphatic carbocycles. The van der Waals surface area contributed by atoms with Crippen molar-refractivity contribution in [2.75, 3.05) is 11.9 Å². The molecule has 6 atom stereocenters. The van der Waals surface area contributed by atoms with E-state index in [0.717, 1.165) is 15.8 Å². The summed E-state index contributed by atoms with van der Waals surface area (Å²) in [6.45, 7) is -0.258. The third-order valence-corrected chi connectivity index (χ3v) is 7.07. The third kappa shape index (κ3) is 2.31. The van der Waals surface area contributed by atoms with Crippen molar-refractivity contribution in [1.29, 1.82) is 0 Å². The molecule has 0 unspecified atom stereocenters. The molecule has 5 aliphatic rings. The first kappa shape index (κ1) is 16.5. The molecule has 0 spiro atoms. The number of halogens is 2. The minimum absolute atomic E-state index is 0.167. The van der Waals surface area contributed by atoms with Crippen molar-refractivity contribution in [1.82, 2.24) is 4.90 Å². The number of benzene rings is 1. The Bertz CT molecular complexity index is 850. The zero-order valence-electron chi connectivity index (χ0n) is 13.7. The molecule has 7 heteroatoms. The molecule has 2 saturated carbocycles. The molecule has 5 nitrogen and oxygen atoms in total. The van der Waals surface area contributed by atoms with Gasteiger partial charge in [0, 0.05) is 4.47 Å². The predicted octanol–water partition coefficient (Wildman–Crippen LogP) is 3.09. The van der Waals surface area contributed by atoms with Crippen molar-refractivity contribution >= 4 is 50.9 Å². The lowest BCUT2D eigenvalue weighted by Crippen LogP contribution is -2.40. The van der Waals surface area contributed by atoms with Crippen LogP contribution in [0.5, 0.6) is 0 Å². The van der Waals surface area contributed by atoms with Gasteiger partial charge in [-0.25, -0.2) is 0 Å². The van der Waals surface area contributed by atoms with Crippen LogP contribution in [0.25, 0.3) is 0 Å². The van der Waals surface area contributed by atoms with Crippen LogP contribution in [0.3, 0.4) is 0 Å². The van der Waals surface area contributed by atoms with E-state index in [0.29, 0.717) is 22.5 Å². The quantitative estimate of drug-likeness (QED) is 0.586. The van der Waals surface area contributed by atoms with Gasteiger partial charge in [-0.1, -0.05) is 39.7 Å². The molecule has 0 aromatic heterocycles. The molecule has 3 fully saturated rings. The van der Waals surface area contributed by atoms with Crippen LogP contribution < -0.4 is 5.32 Å². The van der Waals surface area contributed by atoms with Crippen molar-refractivity contribution in [3.05, 3.63) is 39.8 Å². The smallest absolute Gasteiger partial charge is 0.244 e. The summed E-state index contributed by atoms with van der Waals surface area (Å²) in [4.78, 5) is 39.3. The molecule has 6 rings (SSSR count). The maximum absolute atomic E-state index is 12.9. The number of amides is 3. The number of imide groups is 1. The lowest BCUT2D eigenvalue weighted by atomic mass is 9.63. The van der Waals surface area contributed by atoms with Crippen LogP contribution in [0.15, 0.2) is 34.8 Å². The second-order valence-corrected chi connectivity index (χ2v) is 8.91. The first-order chi connectivity index (χ1) is 12.5. The fourth-order valence-electron chi connectivity index (χ4n) is 5.10. The van der Waals surface area contributed by atoms with Gasteiger partial charge in [0.2, 0.25) is 17.7 Å². The number of hydrogen-bond acceptors (Lipinski definition) is 3. The molecule has 1 aromatic rings. The molecule has 3 amide bonds. The zero-order valence-corrected chi connectivity index (χ0v) is 16.0. The number of carbonyl (C=O) groups is 3. The highest BCUT2D eigenvalue weighted by Crippen LogP contribution is 2.65. The van der Waals surface area contributed by atoms with E-state index in [4.69, 9.17) is 11.6 Å². The van der Waals surface area contributed by atoms with Gasteiger partial charge in [-0.15, -0.1) is 0 Å². The fraction of sp³-hybridized carbons (Fsp3) is 0.421. The zero-order chi connectivity index (χ0) is 18.2. The van der Waals surface area contributed by atoms with Crippen LogP contribution in [0, 0.1) is 35.5 Å². The molecule has 1 N–H and O–H groups in total. The Labute approximate surface area is 163 Å². The lowest BCUT2D eigenvalue weighted by molar-refractivity contribution is -0.142. The Morgan fingerprint density at radius 2 is 1.77 bits per heavy atom. The predicted molar refractivity (Wildman–Crippen MR) is 99.2 cm³/mol. The first-order valence-corrected chi connectivity index (χ1v) is 9.91. The van der Waals surface area contributed by atoms with Crippen LogP contribution in [0.2, 0.25) is 5.02 Å². The van der Waals surface area contributed by atoms with Gasteiger partial charge in [0.25, 0.3) is 0 Å². The molecule has 26 heavy (non-hydrogen) atoms. The number of likely N-dealkylation sites (tertiary alicyclic amines) is 1. The molecule has 1 aromatic carbocycles. The Hall–Kier alpha value is -1.66. The van der Waals surface area contributed by atoms with Crippen LogP contribution in [-0.2, 0) is 14.4 Å². The SMILES string of the molecule is O=C(CN1C(=O)[C@@H]2[C@H]3C=C[C@@H]([C@@H]4C[C@@H]34)[C@H]2C1=O)Nc1ccc(Br)cc1Cl. The van der Waals surface area contributed by atoms with Gasteiger partial charge in [-0.2, -0.15) is 0 Å². The molecule has 0 radical (unpaired) electrons. The standard InChI is InChI=1S/C19H16BrClN2O3/c20-8-1-4-14(13(21)5-8)22-15(24)7-23-18(25)16-9-2-3-10(12-6-11(9)12)17(16)19(23)26/h1-5,9-12,16-17H,6-7H2,(H,22,24)/t9-,10-,11-,12-,16+,17+/m0/s1. The normalized spacial score (nSPS) is 36.2. The minimum atomic E-state index is -0.417. The number of allylic oxidation sites excluding steroid dienone is 2. The van der Waals surface area contributed by atoms with Crippen molar-refractivity contribution in [2.45, 2.75) is 6.42 Å². The highest BCUT2D eigenvalue weighted by atomic mass is 79.9. The van der Waals surface area contributed by atoms with Crippen molar-refractivity contribution in [3.8, 4) is 0 Å². The largest absolute Gasteiger partial charge is 0.323 e. The number of carbonyl (C=O) groups excluding carboxylic acids is 3. The first-order valence-electron chi connectivity index (χ1n) is 8.74. The highest BCUT2D eigenvalue weighted by Gasteiger charge is 2.67. The minimum Gasteiger partial charge on any atom is -0.323 e. The van der Waals surface area contributed by atoms with Gasteiger partial charge < -0.3 is 5.32 Å². The second kappa shape index (κ2) is 5.67. The number of hydrogen-bond donors (Lipinski definition) is 1. The van der Waals surface area contributed by atoms with Crippen LogP contribution in [0.1, 0.15) is 6.42 Å². The van der Waals surface area contributed by atoms with Crippen LogP contribution in [-0.4, -0.2) is 29.2 Å². The molecule has 1 aliphatic heterocycles. The van der Waals surface area contributed by atoms with E-state index in [-0.39, 0.29) is 42.0 Å². The molecule has 134 valence electrons. The van der Waals surface area contributed by atoms with E-state index in [2.05, 4.69) is 33.4 Å². The third-order valence-electron chi connectivity index (χ3n) is 6.26. The van der Waals surface area contributed by atoms with Gasteiger partial charge in [0.05, 0.1) is 22.5 Å². The maximum Gasteiger partial charge on any atom is 0.244 e. The van der Waals surface area contributed by atoms with E-state index < -0.39 is 5.91 Å². The van der Waals surface area contributed by atoms with Gasteiger partial charge in [-0.3, -0.25) is 19.3 Å². The summed E-state index contributed by atoms with van der Waals surface area (Å²) in [7, 11) is 0. The van der Waals surface area contributed by atoms with Gasteiger partial charge in [0.15, 0.2) is 0 Å². The van der Waals surface area contributed by atoms with Crippen molar-refractivity contribution < 1.29 is 14.4 Å². The summed E-state index contributed by atoms with van der Waals surface area (Å²) in [6, 6.07) is 5.11. The van der Waals surface area contributed by atoms with E-state index >= 15 is 0 Å². The lowest BCUT2D eigenvalue weighted by Gasteiger charge is -2.37. The number of rotatable bonds is 3. The van der Waals surface area contributed by atoms with Gasteiger partial charge in [-0.05, 0) is 48.3 Å². The van der Waals surface area contributed by atoms with Crippen molar-refractivity contribution in [3.63, 3.8) is 0 Å². The summed E-state index contributed by atoms with van der Waals surface area (Å²) in [5.41, 5.74) is 0.458. The summed E-state index contributed by atoms with van der Waals surface area (Å²) < 4.78 is 0.802. The Morgan fingerprint density at radius 1 is 1.15 bits per heavy atom. The second-order valence-electron chi connectivity index (χ2n) is 7.59. The molecular weight excluding hydrogens is 420 g/mol. The number of nitrogens with zero attached hydrogens (tertiary/aromatic N) is 1. The fourth-order valence-corrected chi connectivity index (χ4v) is 5.82. The Morgan fingerprint density at radius 3 is 2.35 bits per heavy atom. The summed E-state index contributed by atoms with van der Waals surface area (Å²) in [5, 5.41) is 3.08. The number of anilines is 1. The Kier molecular flexibility index (Phi) is 3.60. The van der Waals surface area contributed by atoms with Crippen LogP contribution in [0.4, 0.5) is 5.69 Å². The van der Waals surface area contributed by atoms with E-state index in [9.17, 15) is 14.4 Å². The topological polar surface area (TPSA) is 66.5 Å². The highest BCUT2D eigenvalue weighted by molar-refractivity contribution is 9.10. The maximum atomic E-state index is 12.9. The van der Waals surface area contributed by atoms with Gasteiger partial charge in [0.1, 0.15) is 6.54 Å². The average Bonchev–Trinajstić information content (AvgIpc) is 3.39. The summed E-state index contributed by atoms with van der Waals surface area (Å²) in [6.07, 6.45) is 5.37. The van der Waals surface area contributed by atoms with Gasteiger partial charge >= 0.3 is 0 Å².